The van der Waals surface area contributed by atoms with E-state index in [0.29, 0.717) is 17.2 Å². The van der Waals surface area contributed by atoms with E-state index in [-0.39, 0.29) is 11.6 Å². The molecule has 1 heterocycles. The van der Waals surface area contributed by atoms with E-state index in [2.05, 4.69) is 22.5 Å². The van der Waals surface area contributed by atoms with E-state index >= 15 is 0 Å². The van der Waals surface area contributed by atoms with E-state index in [1.807, 2.05) is 12.1 Å². The SMILES string of the molecule is CC(=O)Nc1ccc(F)c(NC(=O)c2cccc3c4c([nH]c23)CCC(C)C4)c1. The minimum Gasteiger partial charge on any atom is -0.358 e. The molecule has 1 aromatic heterocycles. The quantitative estimate of drug-likeness (QED) is 0.620. The van der Waals surface area contributed by atoms with Gasteiger partial charge in [0.15, 0.2) is 0 Å². The molecule has 1 unspecified atom stereocenters. The first-order valence-electron chi connectivity index (χ1n) is 9.43. The Hall–Kier alpha value is -3.15. The molecule has 3 N–H and O–H groups in total. The Bertz CT molecular complexity index is 1090. The number of aromatic nitrogens is 1. The molecule has 28 heavy (non-hydrogen) atoms. The normalized spacial score (nSPS) is 15.9. The molecule has 6 heteroatoms. The third-order valence-electron chi connectivity index (χ3n) is 5.25. The monoisotopic (exact) mass is 379 g/mol. The van der Waals surface area contributed by atoms with E-state index in [1.54, 1.807) is 6.07 Å². The van der Waals surface area contributed by atoms with Crippen LogP contribution >= 0.6 is 0 Å². The van der Waals surface area contributed by atoms with E-state index in [1.165, 1.54) is 36.4 Å². The lowest BCUT2D eigenvalue weighted by Gasteiger charge is -2.17. The van der Waals surface area contributed by atoms with Crippen LogP contribution in [0.15, 0.2) is 36.4 Å². The molecule has 0 radical (unpaired) electrons. The van der Waals surface area contributed by atoms with Crippen LogP contribution in [0.2, 0.25) is 0 Å². The van der Waals surface area contributed by atoms with E-state index in [9.17, 15) is 14.0 Å². The molecule has 0 spiro atoms. The van der Waals surface area contributed by atoms with E-state index in [0.717, 1.165) is 30.2 Å². The highest BCUT2D eigenvalue weighted by Gasteiger charge is 2.22. The van der Waals surface area contributed by atoms with Crippen LogP contribution in [0.25, 0.3) is 10.9 Å². The maximum absolute atomic E-state index is 14.2. The zero-order valence-corrected chi connectivity index (χ0v) is 15.9. The highest BCUT2D eigenvalue weighted by Crippen LogP contribution is 2.33. The average Bonchev–Trinajstić information content (AvgIpc) is 3.02. The molecule has 2 amide bonds. The van der Waals surface area contributed by atoms with Crippen LogP contribution in [-0.2, 0) is 17.6 Å². The average molecular weight is 379 g/mol. The van der Waals surface area contributed by atoms with Crippen molar-refractivity contribution in [3.05, 3.63) is 59.0 Å². The molecule has 0 fully saturated rings. The van der Waals surface area contributed by atoms with Gasteiger partial charge < -0.3 is 15.6 Å². The topological polar surface area (TPSA) is 74.0 Å². The third-order valence-corrected chi connectivity index (χ3v) is 5.25. The van der Waals surface area contributed by atoms with Crippen molar-refractivity contribution < 1.29 is 14.0 Å². The minimum absolute atomic E-state index is 0.0261. The first-order valence-corrected chi connectivity index (χ1v) is 9.43. The number of hydrogen-bond acceptors (Lipinski definition) is 2. The van der Waals surface area contributed by atoms with Crippen molar-refractivity contribution in [1.29, 1.82) is 0 Å². The predicted molar refractivity (Wildman–Crippen MR) is 108 cm³/mol. The number of carbonyl (C=O) groups excluding carboxylic acids is 2. The van der Waals surface area contributed by atoms with Gasteiger partial charge in [-0.25, -0.2) is 4.39 Å². The van der Waals surface area contributed by atoms with Gasteiger partial charge in [-0.1, -0.05) is 19.1 Å². The van der Waals surface area contributed by atoms with Gasteiger partial charge in [-0.05, 0) is 55.0 Å². The number of hydrogen-bond donors (Lipinski definition) is 3. The van der Waals surface area contributed by atoms with Crippen LogP contribution in [0.3, 0.4) is 0 Å². The maximum Gasteiger partial charge on any atom is 0.257 e. The van der Waals surface area contributed by atoms with E-state index in [4.69, 9.17) is 0 Å². The standard InChI is InChI=1S/C22H22FN3O2/c1-12-6-9-19-17(10-12)15-4-3-5-16(21(15)25-19)22(28)26-20-11-14(24-13(2)27)7-8-18(20)23/h3-5,7-8,11-12,25H,6,9-10H2,1-2H3,(H,24,27)(H,26,28). The van der Waals surface area contributed by atoms with Crippen LogP contribution in [0.5, 0.6) is 0 Å². The number of rotatable bonds is 3. The number of aromatic amines is 1. The molecule has 144 valence electrons. The summed E-state index contributed by atoms with van der Waals surface area (Å²) in [5, 5.41) is 6.28. The first kappa shape index (κ1) is 18.2. The summed E-state index contributed by atoms with van der Waals surface area (Å²) in [5.74, 6) is -0.597. The van der Waals surface area contributed by atoms with Gasteiger partial charge in [-0.2, -0.15) is 0 Å². The lowest BCUT2D eigenvalue weighted by Crippen LogP contribution is -2.14. The second kappa shape index (κ2) is 7.11. The summed E-state index contributed by atoms with van der Waals surface area (Å²) in [5.41, 5.74) is 4.18. The minimum atomic E-state index is -0.561. The van der Waals surface area contributed by atoms with Crippen LogP contribution in [0.1, 0.15) is 41.9 Å². The number of aryl methyl sites for hydroxylation is 1. The molecule has 0 saturated heterocycles. The number of anilines is 2. The Morgan fingerprint density at radius 3 is 2.79 bits per heavy atom. The van der Waals surface area contributed by atoms with Gasteiger partial charge in [0.2, 0.25) is 5.91 Å². The van der Waals surface area contributed by atoms with Gasteiger partial charge in [0, 0.05) is 23.7 Å². The maximum atomic E-state index is 14.2. The molecule has 1 aliphatic rings. The number of carbonyl (C=O) groups is 2. The lowest BCUT2D eigenvalue weighted by atomic mass is 9.87. The van der Waals surface area contributed by atoms with Gasteiger partial charge in [-0.3, -0.25) is 9.59 Å². The van der Waals surface area contributed by atoms with Crippen LogP contribution in [0, 0.1) is 11.7 Å². The van der Waals surface area contributed by atoms with Gasteiger partial charge in [-0.15, -0.1) is 0 Å². The Kier molecular flexibility index (Phi) is 4.63. The first-order chi connectivity index (χ1) is 13.4. The molecule has 5 nitrogen and oxygen atoms in total. The summed E-state index contributed by atoms with van der Waals surface area (Å²) in [7, 11) is 0. The largest absolute Gasteiger partial charge is 0.358 e. The molecule has 0 bridgehead atoms. The summed E-state index contributed by atoms with van der Waals surface area (Å²) in [6.45, 7) is 3.61. The van der Waals surface area contributed by atoms with Gasteiger partial charge >= 0.3 is 0 Å². The lowest BCUT2D eigenvalue weighted by molar-refractivity contribution is -0.114. The Balaban J connectivity index is 1.68. The molecule has 3 aromatic rings. The van der Waals surface area contributed by atoms with Gasteiger partial charge in [0.1, 0.15) is 5.82 Å². The van der Waals surface area contributed by atoms with Crippen LogP contribution < -0.4 is 10.6 Å². The Morgan fingerprint density at radius 2 is 2.00 bits per heavy atom. The van der Waals surface area contributed by atoms with Crippen molar-refractivity contribution in [1.82, 2.24) is 4.98 Å². The van der Waals surface area contributed by atoms with Gasteiger partial charge in [0.05, 0.1) is 16.8 Å². The number of nitrogens with one attached hydrogen (secondary N) is 3. The van der Waals surface area contributed by atoms with Crippen LogP contribution in [-0.4, -0.2) is 16.8 Å². The number of benzene rings is 2. The predicted octanol–water partition coefficient (Wildman–Crippen LogP) is 4.64. The second-order valence-corrected chi connectivity index (χ2v) is 7.49. The molecule has 0 aliphatic heterocycles. The van der Waals surface area contributed by atoms with Crippen molar-refractivity contribution in [3.8, 4) is 0 Å². The van der Waals surface area contributed by atoms with Crippen molar-refractivity contribution in [3.63, 3.8) is 0 Å². The fraction of sp³-hybridized carbons (Fsp3) is 0.273. The molecular weight excluding hydrogens is 357 g/mol. The number of fused-ring (bicyclic) bond motifs is 3. The summed E-state index contributed by atoms with van der Waals surface area (Å²) in [4.78, 5) is 27.5. The zero-order chi connectivity index (χ0) is 19.8. The van der Waals surface area contributed by atoms with Crippen LogP contribution in [0.4, 0.5) is 15.8 Å². The third kappa shape index (κ3) is 3.38. The van der Waals surface area contributed by atoms with Crippen molar-refractivity contribution in [2.24, 2.45) is 5.92 Å². The fourth-order valence-electron chi connectivity index (χ4n) is 3.90. The summed E-state index contributed by atoms with van der Waals surface area (Å²) in [6.07, 6.45) is 3.09. The number of amides is 2. The van der Waals surface area contributed by atoms with Gasteiger partial charge in [0.25, 0.3) is 5.91 Å². The molecule has 1 atom stereocenters. The van der Waals surface area contributed by atoms with Crippen molar-refractivity contribution in [2.75, 3.05) is 10.6 Å². The Labute approximate surface area is 162 Å². The number of para-hydroxylation sites is 1. The summed E-state index contributed by atoms with van der Waals surface area (Å²) < 4.78 is 14.2. The number of halogens is 1. The molecule has 1 aliphatic carbocycles. The number of H-pyrrole nitrogens is 1. The molecule has 4 rings (SSSR count). The highest BCUT2D eigenvalue weighted by molar-refractivity contribution is 6.13. The summed E-state index contributed by atoms with van der Waals surface area (Å²) in [6, 6.07) is 9.70. The highest BCUT2D eigenvalue weighted by atomic mass is 19.1. The second-order valence-electron chi connectivity index (χ2n) is 7.49. The smallest absolute Gasteiger partial charge is 0.257 e. The van der Waals surface area contributed by atoms with Crippen molar-refractivity contribution in [2.45, 2.75) is 33.1 Å². The summed E-state index contributed by atoms with van der Waals surface area (Å²) >= 11 is 0. The fourth-order valence-corrected chi connectivity index (χ4v) is 3.90. The van der Waals surface area contributed by atoms with Crippen molar-refractivity contribution >= 4 is 34.1 Å². The van der Waals surface area contributed by atoms with E-state index < -0.39 is 11.7 Å². The molecule has 2 aromatic carbocycles. The molecule has 0 saturated carbocycles. The molecular formula is C22H22FN3O2. The Morgan fingerprint density at radius 1 is 1.18 bits per heavy atom. The zero-order valence-electron chi connectivity index (χ0n) is 15.9.